The van der Waals surface area contributed by atoms with Gasteiger partial charge in [0.1, 0.15) is 5.82 Å². The van der Waals surface area contributed by atoms with Crippen LogP contribution in [0.3, 0.4) is 0 Å². The average molecular weight is 410 g/mol. The van der Waals surface area contributed by atoms with Crippen molar-refractivity contribution in [2.45, 2.75) is 6.18 Å². The number of anilines is 1. The Morgan fingerprint density at radius 3 is 2.23 bits per heavy atom. The number of hydrogen-bond acceptors (Lipinski definition) is 2. The van der Waals surface area contributed by atoms with Crippen molar-refractivity contribution in [3.63, 3.8) is 0 Å². The van der Waals surface area contributed by atoms with Gasteiger partial charge in [0.25, 0.3) is 5.91 Å². The molecule has 4 aromatic rings. The Hall–Kier alpha value is -3.74. The molecule has 0 aliphatic carbocycles. The van der Waals surface area contributed by atoms with Crippen LogP contribution < -0.4 is 5.32 Å². The summed E-state index contributed by atoms with van der Waals surface area (Å²) in [6.07, 6.45) is -3.45. The number of nitrogens with one attached hydrogen (secondary N) is 1. The lowest BCUT2D eigenvalue weighted by atomic mass is 9.94. The Bertz CT molecular complexity index is 1220. The zero-order valence-electron chi connectivity index (χ0n) is 15.4. The van der Waals surface area contributed by atoms with Gasteiger partial charge >= 0.3 is 6.18 Å². The molecular formula is C23H14F4N2O. The van der Waals surface area contributed by atoms with Gasteiger partial charge in [-0.05, 0) is 35.9 Å². The lowest BCUT2D eigenvalue weighted by molar-refractivity contribution is -0.136. The molecule has 0 unspecified atom stereocenters. The van der Waals surface area contributed by atoms with E-state index in [4.69, 9.17) is 0 Å². The molecule has 0 aliphatic heterocycles. The quantitative estimate of drug-likeness (QED) is 0.402. The summed E-state index contributed by atoms with van der Waals surface area (Å²) in [5, 5.41) is 2.85. The van der Waals surface area contributed by atoms with Crippen molar-refractivity contribution >= 4 is 22.5 Å². The number of fused-ring (bicyclic) bond motifs is 1. The molecular weight excluding hydrogens is 396 g/mol. The van der Waals surface area contributed by atoms with Gasteiger partial charge in [0.05, 0.1) is 16.6 Å². The van der Waals surface area contributed by atoms with Gasteiger partial charge in [0, 0.05) is 22.8 Å². The number of amides is 1. The van der Waals surface area contributed by atoms with E-state index in [1.807, 2.05) is 0 Å². The molecule has 3 nitrogen and oxygen atoms in total. The lowest BCUT2D eigenvalue weighted by Gasteiger charge is -2.16. The molecule has 1 amide bonds. The van der Waals surface area contributed by atoms with Gasteiger partial charge < -0.3 is 5.32 Å². The van der Waals surface area contributed by atoms with Crippen LogP contribution in [0.5, 0.6) is 0 Å². The van der Waals surface area contributed by atoms with Crippen molar-refractivity contribution in [1.29, 1.82) is 0 Å². The van der Waals surface area contributed by atoms with Crippen LogP contribution in [0.2, 0.25) is 0 Å². The van der Waals surface area contributed by atoms with Crippen LogP contribution in [0, 0.1) is 5.82 Å². The van der Waals surface area contributed by atoms with Gasteiger partial charge in [-0.2, -0.15) is 13.2 Å². The summed E-state index contributed by atoms with van der Waals surface area (Å²) in [4.78, 5) is 16.9. The first-order valence-electron chi connectivity index (χ1n) is 8.96. The molecule has 1 aromatic heterocycles. The van der Waals surface area contributed by atoms with Gasteiger partial charge in [0.2, 0.25) is 0 Å². The number of benzene rings is 3. The standard InChI is InChI=1S/C23H14F4N2O/c24-15-9-11-16(12-10-15)29-22(30)18-13-28-21-17(7-4-8-19(21)23(25,26)27)20(18)14-5-2-1-3-6-14/h1-13H,(H,29,30). The van der Waals surface area contributed by atoms with Crippen molar-refractivity contribution < 1.29 is 22.4 Å². The summed E-state index contributed by atoms with van der Waals surface area (Å²) in [7, 11) is 0. The number of carbonyl (C=O) groups is 1. The predicted molar refractivity (Wildman–Crippen MR) is 107 cm³/mol. The van der Waals surface area contributed by atoms with Gasteiger partial charge in [0.15, 0.2) is 0 Å². The monoisotopic (exact) mass is 410 g/mol. The van der Waals surface area contributed by atoms with E-state index in [1.54, 1.807) is 30.3 Å². The van der Waals surface area contributed by atoms with Crippen molar-refractivity contribution in [2.75, 3.05) is 5.32 Å². The molecule has 7 heteroatoms. The lowest BCUT2D eigenvalue weighted by Crippen LogP contribution is -2.15. The number of pyridine rings is 1. The molecule has 4 rings (SSSR count). The predicted octanol–water partition coefficient (Wildman–Crippen LogP) is 6.31. The smallest absolute Gasteiger partial charge is 0.322 e. The molecule has 0 aliphatic rings. The van der Waals surface area contributed by atoms with Gasteiger partial charge in [-0.25, -0.2) is 4.39 Å². The van der Waals surface area contributed by atoms with Gasteiger partial charge in [-0.15, -0.1) is 0 Å². The Morgan fingerprint density at radius 2 is 1.57 bits per heavy atom. The zero-order chi connectivity index (χ0) is 21.3. The number of halogens is 4. The Labute approximate surface area is 169 Å². The second kappa shape index (κ2) is 7.59. The number of para-hydroxylation sites is 1. The van der Waals surface area contributed by atoms with E-state index in [1.165, 1.54) is 36.4 Å². The fraction of sp³-hybridized carbons (Fsp3) is 0.0435. The molecule has 0 spiro atoms. The van der Waals surface area contributed by atoms with Crippen LogP contribution in [-0.4, -0.2) is 10.9 Å². The molecule has 150 valence electrons. The Morgan fingerprint density at radius 1 is 0.867 bits per heavy atom. The van der Waals surface area contributed by atoms with E-state index in [-0.39, 0.29) is 16.5 Å². The van der Waals surface area contributed by atoms with E-state index in [9.17, 15) is 22.4 Å². The highest BCUT2D eigenvalue weighted by Gasteiger charge is 2.34. The maximum atomic E-state index is 13.5. The van der Waals surface area contributed by atoms with Crippen LogP contribution in [0.1, 0.15) is 15.9 Å². The second-order valence-electron chi connectivity index (χ2n) is 6.57. The van der Waals surface area contributed by atoms with Crippen molar-refractivity contribution in [3.05, 3.63) is 95.9 Å². The third kappa shape index (κ3) is 3.74. The summed E-state index contributed by atoms with van der Waals surface area (Å²) in [5.74, 6) is -1.02. The highest BCUT2D eigenvalue weighted by atomic mass is 19.4. The minimum absolute atomic E-state index is 0.109. The first-order chi connectivity index (χ1) is 14.3. The normalized spacial score (nSPS) is 11.5. The first kappa shape index (κ1) is 19.6. The molecule has 0 fully saturated rings. The molecule has 0 bridgehead atoms. The second-order valence-corrected chi connectivity index (χ2v) is 6.57. The highest BCUT2D eigenvalue weighted by molar-refractivity contribution is 6.13. The summed E-state index contributed by atoms with van der Waals surface area (Å²) in [6, 6.07) is 17.6. The zero-order valence-corrected chi connectivity index (χ0v) is 15.4. The fourth-order valence-electron chi connectivity index (χ4n) is 3.27. The van der Waals surface area contributed by atoms with E-state index >= 15 is 0 Å². The first-order valence-corrected chi connectivity index (χ1v) is 8.96. The molecule has 0 radical (unpaired) electrons. The molecule has 0 atom stereocenters. The van der Waals surface area contributed by atoms with Crippen molar-refractivity contribution in [2.24, 2.45) is 0 Å². The molecule has 30 heavy (non-hydrogen) atoms. The third-order valence-electron chi connectivity index (χ3n) is 4.61. The highest BCUT2D eigenvalue weighted by Crippen LogP contribution is 2.38. The molecule has 3 aromatic carbocycles. The molecule has 0 saturated heterocycles. The number of alkyl halides is 3. The average Bonchev–Trinajstić information content (AvgIpc) is 2.74. The summed E-state index contributed by atoms with van der Waals surface area (Å²) in [5.41, 5.74) is 0.270. The maximum absolute atomic E-state index is 13.5. The van der Waals surface area contributed by atoms with E-state index in [2.05, 4.69) is 10.3 Å². The Balaban J connectivity index is 1.91. The topological polar surface area (TPSA) is 42.0 Å². The number of hydrogen-bond donors (Lipinski definition) is 1. The van der Waals surface area contributed by atoms with E-state index in [0.717, 1.165) is 12.3 Å². The number of rotatable bonds is 3. The summed E-state index contributed by atoms with van der Waals surface area (Å²) >= 11 is 0. The number of aromatic nitrogens is 1. The Kier molecular flexibility index (Phi) is 4.95. The summed E-state index contributed by atoms with van der Waals surface area (Å²) in [6.45, 7) is 0. The van der Waals surface area contributed by atoms with Crippen LogP contribution in [0.4, 0.5) is 23.2 Å². The van der Waals surface area contributed by atoms with Crippen LogP contribution in [-0.2, 0) is 6.18 Å². The molecule has 1 heterocycles. The fourth-order valence-corrected chi connectivity index (χ4v) is 3.27. The van der Waals surface area contributed by atoms with Crippen molar-refractivity contribution in [3.8, 4) is 11.1 Å². The minimum atomic E-state index is -4.58. The molecule has 0 saturated carbocycles. The van der Waals surface area contributed by atoms with Gasteiger partial charge in [-0.1, -0.05) is 42.5 Å². The van der Waals surface area contributed by atoms with E-state index < -0.39 is 23.5 Å². The maximum Gasteiger partial charge on any atom is 0.418 e. The largest absolute Gasteiger partial charge is 0.418 e. The molecule has 1 N–H and O–H groups in total. The third-order valence-corrected chi connectivity index (χ3v) is 4.61. The summed E-state index contributed by atoms with van der Waals surface area (Å²) < 4.78 is 53.6. The number of carbonyl (C=O) groups excluding carboxylic acids is 1. The minimum Gasteiger partial charge on any atom is -0.322 e. The van der Waals surface area contributed by atoms with Crippen molar-refractivity contribution in [1.82, 2.24) is 4.98 Å². The van der Waals surface area contributed by atoms with Gasteiger partial charge in [-0.3, -0.25) is 9.78 Å². The van der Waals surface area contributed by atoms with E-state index in [0.29, 0.717) is 16.8 Å². The van der Waals surface area contributed by atoms with Crippen LogP contribution in [0.25, 0.3) is 22.0 Å². The SMILES string of the molecule is O=C(Nc1ccc(F)cc1)c1cnc2c(C(F)(F)F)cccc2c1-c1ccccc1. The number of nitrogens with zero attached hydrogens (tertiary/aromatic N) is 1. The van der Waals surface area contributed by atoms with Crippen LogP contribution >= 0.6 is 0 Å². The van der Waals surface area contributed by atoms with Crippen LogP contribution in [0.15, 0.2) is 79.0 Å².